The molecule has 0 fully saturated rings. The van der Waals surface area contributed by atoms with E-state index in [1.807, 2.05) is 0 Å². The number of ether oxygens (including phenoxy) is 1. The SMILES string of the molecule is COC(=O)[C@H](CSC/C=C(/C)CC/C=C(/C)CCC=C(C)C)NC(C)=O. The number of rotatable bonds is 12. The van der Waals surface area contributed by atoms with E-state index in [9.17, 15) is 9.59 Å². The van der Waals surface area contributed by atoms with Gasteiger partial charge in [0.05, 0.1) is 7.11 Å². The monoisotopic (exact) mass is 381 g/mol. The number of thioether (sulfide) groups is 1. The minimum Gasteiger partial charge on any atom is -0.467 e. The van der Waals surface area contributed by atoms with Gasteiger partial charge in [0.2, 0.25) is 5.91 Å². The molecule has 0 bridgehead atoms. The van der Waals surface area contributed by atoms with Gasteiger partial charge in [-0.1, -0.05) is 34.9 Å². The Morgan fingerprint density at radius 3 is 2.08 bits per heavy atom. The van der Waals surface area contributed by atoms with Crippen LogP contribution in [0.5, 0.6) is 0 Å². The van der Waals surface area contributed by atoms with Crippen LogP contribution < -0.4 is 5.32 Å². The van der Waals surface area contributed by atoms with E-state index >= 15 is 0 Å². The Morgan fingerprint density at radius 1 is 0.962 bits per heavy atom. The number of amides is 1. The molecule has 0 saturated carbocycles. The number of nitrogens with one attached hydrogen (secondary N) is 1. The largest absolute Gasteiger partial charge is 0.467 e. The fourth-order valence-electron chi connectivity index (χ4n) is 2.28. The maximum atomic E-state index is 11.6. The summed E-state index contributed by atoms with van der Waals surface area (Å²) in [7, 11) is 1.33. The van der Waals surface area contributed by atoms with Gasteiger partial charge in [0, 0.05) is 18.4 Å². The van der Waals surface area contributed by atoms with E-state index in [-0.39, 0.29) is 5.91 Å². The van der Waals surface area contributed by atoms with Gasteiger partial charge >= 0.3 is 5.97 Å². The Bertz CT molecular complexity index is 531. The minimum atomic E-state index is -0.581. The maximum absolute atomic E-state index is 11.6. The first-order valence-corrected chi connectivity index (χ1v) is 10.3. The van der Waals surface area contributed by atoms with Crippen molar-refractivity contribution in [3.8, 4) is 0 Å². The molecule has 26 heavy (non-hydrogen) atoms. The van der Waals surface area contributed by atoms with Crippen LogP contribution in [0.1, 0.15) is 60.3 Å². The van der Waals surface area contributed by atoms with E-state index in [2.05, 4.69) is 51.2 Å². The highest BCUT2D eigenvalue weighted by atomic mass is 32.2. The van der Waals surface area contributed by atoms with Gasteiger partial charge in [0.15, 0.2) is 0 Å². The van der Waals surface area contributed by atoms with E-state index in [4.69, 9.17) is 4.74 Å². The summed E-state index contributed by atoms with van der Waals surface area (Å²) in [6, 6.07) is -0.581. The van der Waals surface area contributed by atoms with Crippen LogP contribution in [-0.2, 0) is 14.3 Å². The summed E-state index contributed by atoms with van der Waals surface area (Å²) < 4.78 is 4.72. The van der Waals surface area contributed by atoms with Crippen molar-refractivity contribution in [2.24, 2.45) is 0 Å². The van der Waals surface area contributed by atoms with E-state index in [0.29, 0.717) is 5.75 Å². The summed E-state index contributed by atoms with van der Waals surface area (Å²) in [5.74, 6) is 0.711. The number of methoxy groups -OCH3 is 1. The van der Waals surface area contributed by atoms with Crippen molar-refractivity contribution in [3.05, 3.63) is 34.9 Å². The Kier molecular flexibility index (Phi) is 13.8. The van der Waals surface area contributed by atoms with Crippen LogP contribution in [0.4, 0.5) is 0 Å². The molecule has 5 heteroatoms. The third-order valence-corrected chi connectivity index (χ3v) is 4.79. The number of hydrogen-bond acceptors (Lipinski definition) is 4. The first-order valence-electron chi connectivity index (χ1n) is 9.13. The molecule has 0 aromatic rings. The lowest BCUT2D eigenvalue weighted by Crippen LogP contribution is -2.42. The minimum absolute atomic E-state index is 0.223. The maximum Gasteiger partial charge on any atom is 0.329 e. The van der Waals surface area contributed by atoms with Crippen molar-refractivity contribution in [3.63, 3.8) is 0 Å². The van der Waals surface area contributed by atoms with Gasteiger partial charge in [0.25, 0.3) is 0 Å². The zero-order chi connectivity index (χ0) is 19.9. The fraction of sp³-hybridized carbons (Fsp3) is 0.619. The van der Waals surface area contributed by atoms with Crippen LogP contribution in [0.3, 0.4) is 0 Å². The number of hydrogen-bond donors (Lipinski definition) is 1. The molecular weight excluding hydrogens is 346 g/mol. The second-order valence-corrected chi connectivity index (χ2v) is 7.85. The Balaban J connectivity index is 4.14. The second kappa shape index (κ2) is 14.7. The van der Waals surface area contributed by atoms with Crippen molar-refractivity contribution in [1.82, 2.24) is 5.32 Å². The van der Waals surface area contributed by atoms with E-state index in [0.717, 1.165) is 31.4 Å². The average Bonchev–Trinajstić information content (AvgIpc) is 2.56. The Morgan fingerprint density at radius 2 is 1.54 bits per heavy atom. The lowest BCUT2D eigenvalue weighted by Gasteiger charge is -2.14. The highest BCUT2D eigenvalue weighted by Crippen LogP contribution is 2.13. The van der Waals surface area contributed by atoms with Gasteiger partial charge in [-0.25, -0.2) is 4.79 Å². The summed E-state index contributed by atoms with van der Waals surface area (Å²) in [5.41, 5.74) is 4.17. The molecule has 148 valence electrons. The quantitative estimate of drug-likeness (QED) is 0.299. The van der Waals surface area contributed by atoms with Crippen LogP contribution >= 0.6 is 11.8 Å². The van der Waals surface area contributed by atoms with Crippen molar-refractivity contribution in [1.29, 1.82) is 0 Å². The number of esters is 1. The normalized spacial score (nSPS) is 13.2. The van der Waals surface area contributed by atoms with E-state index in [1.54, 1.807) is 11.8 Å². The molecule has 1 N–H and O–H groups in total. The molecule has 0 rings (SSSR count). The van der Waals surface area contributed by atoms with Crippen molar-refractivity contribution in [2.75, 3.05) is 18.6 Å². The summed E-state index contributed by atoms with van der Waals surface area (Å²) >= 11 is 1.62. The van der Waals surface area contributed by atoms with Crippen LogP contribution in [0.15, 0.2) is 34.9 Å². The smallest absolute Gasteiger partial charge is 0.329 e. The van der Waals surface area contributed by atoms with E-state index < -0.39 is 12.0 Å². The molecule has 0 heterocycles. The van der Waals surface area contributed by atoms with Gasteiger partial charge in [-0.2, -0.15) is 11.8 Å². The molecule has 0 aliphatic rings. The van der Waals surface area contributed by atoms with Crippen molar-refractivity contribution in [2.45, 2.75) is 66.3 Å². The van der Waals surface area contributed by atoms with Crippen LogP contribution in [-0.4, -0.2) is 36.5 Å². The molecule has 1 atom stereocenters. The first-order chi connectivity index (χ1) is 12.3. The van der Waals surface area contributed by atoms with Crippen LogP contribution in [0, 0.1) is 0 Å². The third-order valence-electron chi connectivity index (χ3n) is 3.82. The predicted octanol–water partition coefficient (Wildman–Crippen LogP) is 4.82. The summed E-state index contributed by atoms with van der Waals surface area (Å²) in [6.45, 7) is 10.0. The molecule has 0 aliphatic heterocycles. The predicted molar refractivity (Wildman–Crippen MR) is 112 cm³/mol. The lowest BCUT2D eigenvalue weighted by molar-refractivity contribution is -0.144. The highest BCUT2D eigenvalue weighted by molar-refractivity contribution is 7.99. The fourth-order valence-corrected chi connectivity index (χ4v) is 3.28. The Hall–Kier alpha value is -1.49. The van der Waals surface area contributed by atoms with Crippen molar-refractivity contribution < 1.29 is 14.3 Å². The van der Waals surface area contributed by atoms with Gasteiger partial charge in [0.1, 0.15) is 6.04 Å². The van der Waals surface area contributed by atoms with Gasteiger partial charge in [-0.05, 0) is 53.4 Å². The molecule has 0 saturated heterocycles. The first kappa shape index (κ1) is 24.5. The number of allylic oxidation sites excluding steroid dienone is 5. The van der Waals surface area contributed by atoms with Gasteiger partial charge < -0.3 is 10.1 Å². The average molecular weight is 382 g/mol. The van der Waals surface area contributed by atoms with Crippen molar-refractivity contribution >= 4 is 23.6 Å². The number of carbonyl (C=O) groups is 2. The molecule has 0 unspecified atom stereocenters. The second-order valence-electron chi connectivity index (χ2n) is 6.77. The summed E-state index contributed by atoms with van der Waals surface area (Å²) in [5, 5.41) is 2.62. The zero-order valence-electron chi connectivity index (χ0n) is 17.2. The van der Waals surface area contributed by atoms with Gasteiger partial charge in [-0.15, -0.1) is 0 Å². The molecule has 4 nitrogen and oxygen atoms in total. The van der Waals surface area contributed by atoms with Crippen LogP contribution in [0.25, 0.3) is 0 Å². The zero-order valence-corrected chi connectivity index (χ0v) is 18.0. The molecule has 0 spiro atoms. The number of carbonyl (C=O) groups excluding carboxylic acids is 2. The molecule has 0 aromatic heterocycles. The molecule has 0 aliphatic carbocycles. The highest BCUT2D eigenvalue weighted by Gasteiger charge is 2.19. The molecule has 1 amide bonds. The third kappa shape index (κ3) is 13.8. The lowest BCUT2D eigenvalue weighted by atomic mass is 10.1. The Labute approximate surface area is 163 Å². The molecule has 0 aromatic carbocycles. The molecule has 0 radical (unpaired) electrons. The summed E-state index contributed by atoms with van der Waals surface area (Å²) in [6.07, 6.45) is 11.2. The molecular formula is C21H35NO3S. The van der Waals surface area contributed by atoms with Gasteiger partial charge in [-0.3, -0.25) is 4.79 Å². The van der Waals surface area contributed by atoms with E-state index in [1.165, 1.54) is 30.8 Å². The topological polar surface area (TPSA) is 55.4 Å². The summed E-state index contributed by atoms with van der Waals surface area (Å²) in [4.78, 5) is 22.8. The standard InChI is InChI=1S/C21H35NO3S/c1-16(2)9-7-10-17(3)11-8-12-18(4)13-14-26-15-20(21(24)25-6)22-19(5)23/h9,11,13,20H,7-8,10,12,14-15H2,1-6H3,(H,22,23)/b17-11-,18-13-/t20-/m0/s1. The van der Waals surface area contributed by atoms with Crippen LogP contribution in [0.2, 0.25) is 0 Å².